The first-order valence-corrected chi connectivity index (χ1v) is 10.8. The summed E-state index contributed by atoms with van der Waals surface area (Å²) >= 11 is 1.32. The topological polar surface area (TPSA) is 92.1 Å². The molecular formula is C18H26N6O3S. The van der Waals surface area contributed by atoms with E-state index < -0.39 is 5.56 Å². The third-order valence-corrected chi connectivity index (χ3v) is 6.14. The first-order chi connectivity index (χ1) is 13.7. The van der Waals surface area contributed by atoms with Crippen LogP contribution in [0, 0.1) is 0 Å². The van der Waals surface area contributed by atoms with Crippen molar-refractivity contribution in [1.82, 2.24) is 24.8 Å². The zero-order valence-corrected chi connectivity index (χ0v) is 16.7. The van der Waals surface area contributed by atoms with Crippen LogP contribution in [0.1, 0.15) is 36.2 Å². The lowest BCUT2D eigenvalue weighted by atomic mass is 10.2. The van der Waals surface area contributed by atoms with Gasteiger partial charge in [0.1, 0.15) is 5.69 Å². The second-order valence-corrected chi connectivity index (χ2v) is 8.10. The van der Waals surface area contributed by atoms with Crippen LogP contribution in [-0.4, -0.2) is 77.9 Å². The Balaban J connectivity index is 1.46. The maximum Gasteiger partial charge on any atom is 0.274 e. The Morgan fingerprint density at radius 2 is 1.89 bits per heavy atom. The molecule has 2 aromatic heterocycles. The number of ether oxygens (including phenoxy) is 1. The molecule has 2 aromatic rings. The van der Waals surface area contributed by atoms with Gasteiger partial charge in [-0.1, -0.05) is 24.2 Å². The average molecular weight is 407 g/mol. The smallest absolute Gasteiger partial charge is 0.274 e. The van der Waals surface area contributed by atoms with E-state index in [1.807, 2.05) is 0 Å². The van der Waals surface area contributed by atoms with Gasteiger partial charge in [0.05, 0.1) is 13.2 Å². The summed E-state index contributed by atoms with van der Waals surface area (Å²) in [4.78, 5) is 33.6. The number of nitrogens with zero attached hydrogens (tertiary/aromatic N) is 5. The second kappa shape index (κ2) is 8.97. The summed E-state index contributed by atoms with van der Waals surface area (Å²) in [5, 5.41) is 8.23. The van der Waals surface area contributed by atoms with E-state index in [9.17, 15) is 9.59 Å². The summed E-state index contributed by atoms with van der Waals surface area (Å²) in [7, 11) is 0. The van der Waals surface area contributed by atoms with Crippen molar-refractivity contribution < 1.29 is 9.53 Å². The van der Waals surface area contributed by atoms with E-state index in [1.165, 1.54) is 47.6 Å². The molecule has 2 fully saturated rings. The molecule has 9 nitrogen and oxygen atoms in total. The van der Waals surface area contributed by atoms with Crippen molar-refractivity contribution in [3.63, 3.8) is 0 Å². The van der Waals surface area contributed by atoms with Crippen LogP contribution < -0.4 is 15.8 Å². The predicted octanol–water partition coefficient (Wildman–Crippen LogP) is 0.593. The standard InChI is InChI=1S/C18H26N6O3S/c25-15-13-14(16(26)19-5-8-22-6-3-1-2-4-7-22)24-17(20-15)28-18(21-24)23-9-11-27-12-10-23/h13H,1-12H2,(H,19,26). The molecule has 4 rings (SSSR count). The molecule has 0 aromatic carbocycles. The van der Waals surface area contributed by atoms with Gasteiger partial charge in [-0.15, -0.1) is 5.10 Å². The molecule has 4 heterocycles. The molecule has 0 aliphatic carbocycles. The third kappa shape index (κ3) is 4.50. The Bertz CT molecular complexity index is 868. The highest BCUT2D eigenvalue weighted by atomic mass is 32.1. The third-order valence-electron chi connectivity index (χ3n) is 5.17. The van der Waals surface area contributed by atoms with Gasteiger partial charge in [-0.3, -0.25) is 9.59 Å². The molecular weight excluding hydrogens is 380 g/mol. The Kier molecular flexibility index (Phi) is 6.18. The molecule has 1 amide bonds. The highest BCUT2D eigenvalue weighted by Crippen LogP contribution is 2.23. The minimum absolute atomic E-state index is 0.238. The lowest BCUT2D eigenvalue weighted by molar-refractivity contribution is 0.0940. The summed E-state index contributed by atoms with van der Waals surface area (Å²) in [6.07, 6.45) is 5.01. The zero-order valence-electron chi connectivity index (χ0n) is 15.9. The van der Waals surface area contributed by atoms with Gasteiger partial charge in [-0.05, 0) is 25.9 Å². The van der Waals surface area contributed by atoms with Gasteiger partial charge in [0, 0.05) is 32.2 Å². The first-order valence-electron chi connectivity index (χ1n) is 9.95. The number of amides is 1. The summed E-state index contributed by atoms with van der Waals surface area (Å²) in [5.74, 6) is -0.289. The van der Waals surface area contributed by atoms with Crippen molar-refractivity contribution >= 4 is 27.3 Å². The van der Waals surface area contributed by atoms with Crippen molar-refractivity contribution in [2.75, 3.05) is 57.4 Å². The van der Waals surface area contributed by atoms with Crippen molar-refractivity contribution in [3.8, 4) is 0 Å². The van der Waals surface area contributed by atoms with E-state index in [4.69, 9.17) is 4.74 Å². The molecule has 0 saturated carbocycles. The van der Waals surface area contributed by atoms with E-state index in [-0.39, 0.29) is 11.6 Å². The van der Waals surface area contributed by atoms with E-state index >= 15 is 0 Å². The Morgan fingerprint density at radius 1 is 1.14 bits per heavy atom. The Hall–Kier alpha value is -2.04. The molecule has 0 atom stereocenters. The van der Waals surface area contributed by atoms with Gasteiger partial charge in [0.15, 0.2) is 0 Å². The monoisotopic (exact) mass is 406 g/mol. The number of hydrogen-bond donors (Lipinski definition) is 1. The number of nitrogens with one attached hydrogen (secondary N) is 1. The number of carbonyl (C=O) groups excluding carboxylic acids is 1. The van der Waals surface area contributed by atoms with Crippen LogP contribution in [0.4, 0.5) is 5.13 Å². The van der Waals surface area contributed by atoms with Crippen molar-refractivity contribution in [3.05, 3.63) is 22.1 Å². The average Bonchev–Trinajstić information content (AvgIpc) is 2.96. The number of carbonyl (C=O) groups is 1. The van der Waals surface area contributed by atoms with Gasteiger partial charge in [0.2, 0.25) is 10.1 Å². The maximum atomic E-state index is 12.7. The molecule has 2 saturated heterocycles. The van der Waals surface area contributed by atoms with Crippen molar-refractivity contribution in [2.24, 2.45) is 0 Å². The molecule has 28 heavy (non-hydrogen) atoms. The number of likely N-dealkylation sites (tertiary alicyclic amines) is 1. The van der Waals surface area contributed by atoms with Gasteiger partial charge in [-0.25, -0.2) is 0 Å². The number of morpholine rings is 1. The lowest BCUT2D eigenvalue weighted by Gasteiger charge is -2.25. The minimum atomic E-state index is -0.421. The SMILES string of the molecule is O=C(NCCN1CCCCCC1)c1cc(=O)nc2sc(N3CCOCC3)nn12. The molecule has 152 valence electrons. The van der Waals surface area contributed by atoms with Gasteiger partial charge < -0.3 is 19.9 Å². The molecule has 0 unspecified atom stereocenters. The number of hydrogen-bond acceptors (Lipinski definition) is 8. The fourth-order valence-corrected chi connectivity index (χ4v) is 4.59. The molecule has 2 aliphatic rings. The van der Waals surface area contributed by atoms with Gasteiger partial charge in [-0.2, -0.15) is 9.50 Å². The largest absolute Gasteiger partial charge is 0.378 e. The van der Waals surface area contributed by atoms with Crippen LogP contribution in [0.5, 0.6) is 0 Å². The Morgan fingerprint density at radius 3 is 2.64 bits per heavy atom. The molecule has 2 aliphatic heterocycles. The van der Waals surface area contributed by atoms with Crippen LogP contribution in [-0.2, 0) is 4.74 Å². The van der Waals surface area contributed by atoms with Crippen LogP contribution in [0.2, 0.25) is 0 Å². The minimum Gasteiger partial charge on any atom is -0.378 e. The fraction of sp³-hybridized carbons (Fsp3) is 0.667. The summed E-state index contributed by atoms with van der Waals surface area (Å²) < 4.78 is 6.86. The highest BCUT2D eigenvalue weighted by molar-refractivity contribution is 7.20. The van der Waals surface area contributed by atoms with E-state index in [2.05, 4.69) is 25.2 Å². The summed E-state index contributed by atoms with van der Waals surface area (Å²) in [6.45, 7) is 6.32. The van der Waals surface area contributed by atoms with Crippen LogP contribution in [0.15, 0.2) is 10.9 Å². The van der Waals surface area contributed by atoms with E-state index in [0.717, 1.165) is 37.9 Å². The molecule has 1 N–H and O–H groups in total. The van der Waals surface area contributed by atoms with Crippen LogP contribution >= 0.6 is 11.3 Å². The quantitative estimate of drug-likeness (QED) is 0.777. The van der Waals surface area contributed by atoms with Gasteiger partial charge >= 0.3 is 0 Å². The summed E-state index contributed by atoms with van der Waals surface area (Å²) in [5.41, 5.74) is -0.184. The van der Waals surface area contributed by atoms with E-state index in [1.54, 1.807) is 0 Å². The highest BCUT2D eigenvalue weighted by Gasteiger charge is 2.20. The Labute approximate surface area is 167 Å². The maximum absolute atomic E-state index is 12.7. The number of anilines is 1. The fourth-order valence-electron chi connectivity index (χ4n) is 3.63. The number of rotatable bonds is 5. The second-order valence-electron chi connectivity index (χ2n) is 7.17. The van der Waals surface area contributed by atoms with Crippen molar-refractivity contribution in [1.29, 1.82) is 0 Å². The van der Waals surface area contributed by atoms with E-state index in [0.29, 0.717) is 24.7 Å². The molecule has 10 heteroatoms. The molecule has 0 bridgehead atoms. The first kappa shape index (κ1) is 19.3. The number of fused-ring (bicyclic) bond motifs is 1. The lowest BCUT2D eigenvalue weighted by Crippen LogP contribution is -2.37. The predicted molar refractivity (Wildman–Crippen MR) is 107 cm³/mol. The van der Waals surface area contributed by atoms with Crippen LogP contribution in [0.25, 0.3) is 4.96 Å². The zero-order chi connectivity index (χ0) is 19.3. The van der Waals surface area contributed by atoms with Crippen LogP contribution in [0.3, 0.4) is 0 Å². The number of aromatic nitrogens is 3. The normalized spacial score (nSPS) is 18.9. The molecule has 0 radical (unpaired) electrons. The van der Waals surface area contributed by atoms with Gasteiger partial charge in [0.25, 0.3) is 11.5 Å². The molecule has 0 spiro atoms. The van der Waals surface area contributed by atoms with Crippen molar-refractivity contribution in [2.45, 2.75) is 25.7 Å². The summed E-state index contributed by atoms with van der Waals surface area (Å²) in [6, 6.07) is 1.26.